The van der Waals surface area contributed by atoms with Gasteiger partial charge in [0.25, 0.3) is 0 Å². The molecule has 92 valence electrons. The summed E-state index contributed by atoms with van der Waals surface area (Å²) in [7, 11) is -3.18. The number of rotatable bonds is 3. The van der Waals surface area contributed by atoms with Crippen molar-refractivity contribution in [3.8, 4) is 0 Å². The molecule has 1 atom stereocenters. The molecule has 0 fully saturated rings. The average molecular weight is 281 g/mol. The molecular weight excluding hydrogens is 264 g/mol. The van der Waals surface area contributed by atoms with Gasteiger partial charge >= 0.3 is 0 Å². The third-order valence-electron chi connectivity index (χ3n) is 2.88. The van der Waals surface area contributed by atoms with E-state index in [0.717, 1.165) is 15.3 Å². The molecule has 0 spiro atoms. The Morgan fingerprint density at radius 2 is 1.88 bits per heavy atom. The summed E-state index contributed by atoms with van der Waals surface area (Å²) in [5.74, 6) is 0. The topological polar surface area (TPSA) is 34.1 Å². The first kappa shape index (κ1) is 14.0. The van der Waals surface area contributed by atoms with Crippen molar-refractivity contribution in [2.24, 2.45) is 0 Å². The zero-order chi connectivity index (χ0) is 12.7. The minimum Gasteiger partial charge on any atom is -0.229 e. The van der Waals surface area contributed by atoms with E-state index in [1.165, 1.54) is 6.26 Å². The second kappa shape index (κ2) is 4.31. The van der Waals surface area contributed by atoms with Crippen molar-refractivity contribution >= 4 is 32.8 Å². The van der Waals surface area contributed by atoms with Gasteiger partial charge < -0.3 is 0 Å². The summed E-state index contributed by atoms with van der Waals surface area (Å²) >= 11 is 7.90. The molecule has 0 bridgehead atoms. The number of thiophene rings is 1. The molecule has 1 heterocycles. The zero-order valence-corrected chi connectivity index (χ0v) is 12.6. The van der Waals surface area contributed by atoms with Crippen LogP contribution in [0.15, 0.2) is 6.07 Å². The molecule has 0 saturated heterocycles. The van der Waals surface area contributed by atoms with Crippen molar-refractivity contribution in [2.75, 3.05) is 6.26 Å². The molecule has 1 aromatic rings. The fourth-order valence-electron chi connectivity index (χ4n) is 1.41. The van der Waals surface area contributed by atoms with Gasteiger partial charge in [-0.3, -0.25) is 0 Å². The highest BCUT2D eigenvalue weighted by Gasteiger charge is 2.40. The maximum absolute atomic E-state index is 11.7. The molecule has 1 unspecified atom stereocenters. The van der Waals surface area contributed by atoms with Crippen LogP contribution in [0.2, 0.25) is 0 Å². The van der Waals surface area contributed by atoms with E-state index >= 15 is 0 Å². The fraction of sp³-hybridized carbons (Fsp3) is 0.636. The van der Waals surface area contributed by atoms with Crippen molar-refractivity contribution in [3.05, 3.63) is 21.4 Å². The Balaban J connectivity index is 3.22. The van der Waals surface area contributed by atoms with Gasteiger partial charge in [-0.05, 0) is 39.3 Å². The summed E-state index contributed by atoms with van der Waals surface area (Å²) < 4.78 is 22.5. The van der Waals surface area contributed by atoms with Crippen molar-refractivity contribution in [1.29, 1.82) is 0 Å². The van der Waals surface area contributed by atoms with E-state index in [1.807, 2.05) is 19.9 Å². The molecular formula is C11H17ClO2S2. The number of aryl methyl sites for hydroxylation is 2. The van der Waals surface area contributed by atoms with Gasteiger partial charge in [-0.15, -0.1) is 22.9 Å². The fourth-order valence-corrected chi connectivity index (χ4v) is 3.97. The minimum atomic E-state index is -3.18. The molecule has 1 aromatic heterocycles. The summed E-state index contributed by atoms with van der Waals surface area (Å²) in [6.07, 6.45) is 1.23. The first-order valence-electron chi connectivity index (χ1n) is 4.98. The molecule has 5 heteroatoms. The number of hydrogen-bond donors (Lipinski definition) is 0. The molecule has 0 N–H and O–H groups in total. The number of alkyl halides is 1. The van der Waals surface area contributed by atoms with Crippen molar-refractivity contribution < 1.29 is 8.42 Å². The van der Waals surface area contributed by atoms with Crippen molar-refractivity contribution in [3.63, 3.8) is 0 Å². The lowest BCUT2D eigenvalue weighted by molar-refractivity contribution is 0.545. The van der Waals surface area contributed by atoms with Crippen LogP contribution in [0.3, 0.4) is 0 Å². The molecule has 0 aliphatic rings. The quantitative estimate of drug-likeness (QED) is 0.795. The first-order chi connectivity index (χ1) is 7.07. The molecule has 0 aliphatic carbocycles. The molecule has 1 rings (SSSR count). The van der Waals surface area contributed by atoms with Gasteiger partial charge in [0.15, 0.2) is 9.84 Å². The SMILES string of the molecule is Cc1cc(C)c(C(Cl)C(C)(C)S(C)(=O)=O)s1. The Morgan fingerprint density at radius 3 is 2.19 bits per heavy atom. The lowest BCUT2D eigenvalue weighted by atomic mass is 10.1. The van der Waals surface area contributed by atoms with E-state index in [2.05, 4.69) is 0 Å². The largest absolute Gasteiger partial charge is 0.229 e. The van der Waals surface area contributed by atoms with Crippen LogP contribution in [-0.4, -0.2) is 19.4 Å². The highest BCUT2D eigenvalue weighted by Crippen LogP contribution is 2.42. The van der Waals surface area contributed by atoms with E-state index < -0.39 is 20.0 Å². The summed E-state index contributed by atoms with van der Waals surface area (Å²) in [6.45, 7) is 7.31. The van der Waals surface area contributed by atoms with E-state index in [1.54, 1.807) is 25.2 Å². The number of halogens is 1. The maximum Gasteiger partial charge on any atom is 0.154 e. The van der Waals surface area contributed by atoms with E-state index in [0.29, 0.717) is 0 Å². The van der Waals surface area contributed by atoms with Crippen LogP contribution in [-0.2, 0) is 9.84 Å². The van der Waals surface area contributed by atoms with Gasteiger partial charge in [-0.2, -0.15) is 0 Å². The van der Waals surface area contributed by atoms with Crippen LogP contribution in [0.5, 0.6) is 0 Å². The summed E-state index contributed by atoms with van der Waals surface area (Å²) in [6, 6.07) is 2.04. The average Bonchev–Trinajstić information content (AvgIpc) is 2.41. The van der Waals surface area contributed by atoms with E-state index in [-0.39, 0.29) is 0 Å². The monoisotopic (exact) mass is 280 g/mol. The Hall–Kier alpha value is -0.0600. The van der Waals surface area contributed by atoms with E-state index in [9.17, 15) is 8.42 Å². The lowest BCUT2D eigenvalue weighted by Gasteiger charge is -2.27. The Bertz CT molecular complexity index is 486. The van der Waals surface area contributed by atoms with E-state index in [4.69, 9.17) is 11.6 Å². The van der Waals surface area contributed by atoms with Crippen LogP contribution in [0.1, 0.15) is 34.5 Å². The van der Waals surface area contributed by atoms with Gasteiger partial charge in [0, 0.05) is 16.0 Å². The van der Waals surface area contributed by atoms with Gasteiger partial charge in [-0.1, -0.05) is 0 Å². The molecule has 0 aromatic carbocycles. The van der Waals surface area contributed by atoms with Crippen LogP contribution in [0.4, 0.5) is 0 Å². The van der Waals surface area contributed by atoms with Gasteiger partial charge in [0.05, 0.1) is 10.1 Å². The van der Waals surface area contributed by atoms with Gasteiger partial charge in [-0.25, -0.2) is 8.42 Å². The molecule has 0 radical (unpaired) electrons. The highest BCUT2D eigenvalue weighted by molar-refractivity contribution is 7.92. The Labute approximate surface area is 107 Å². The Kier molecular flexibility index (Phi) is 3.78. The molecule has 0 aliphatic heterocycles. The molecule has 16 heavy (non-hydrogen) atoms. The number of sulfone groups is 1. The van der Waals surface area contributed by atoms with Gasteiger partial charge in [0.1, 0.15) is 0 Å². The second-order valence-electron chi connectivity index (χ2n) is 4.64. The second-order valence-corrected chi connectivity index (χ2v) is 8.96. The summed E-state index contributed by atoms with van der Waals surface area (Å²) in [5.41, 5.74) is 1.07. The summed E-state index contributed by atoms with van der Waals surface area (Å²) in [4.78, 5) is 2.11. The third-order valence-corrected chi connectivity index (χ3v) is 7.26. The standard InChI is InChI=1S/C11H17ClO2S2/c1-7-6-8(2)15-9(7)10(12)11(3,4)16(5,13)14/h6,10H,1-5H3. The van der Waals surface area contributed by atoms with Crippen LogP contribution in [0, 0.1) is 13.8 Å². The predicted octanol–water partition coefficient (Wildman–Crippen LogP) is 3.47. The van der Waals surface area contributed by atoms with Gasteiger partial charge in [0.2, 0.25) is 0 Å². The minimum absolute atomic E-state index is 0.499. The molecule has 2 nitrogen and oxygen atoms in total. The smallest absolute Gasteiger partial charge is 0.154 e. The predicted molar refractivity (Wildman–Crippen MR) is 71.3 cm³/mol. The van der Waals surface area contributed by atoms with Crippen molar-refractivity contribution in [1.82, 2.24) is 0 Å². The molecule has 0 saturated carbocycles. The maximum atomic E-state index is 11.7. The normalized spacial score (nSPS) is 15.1. The molecule has 0 amide bonds. The third kappa shape index (κ3) is 2.44. The zero-order valence-electron chi connectivity index (χ0n) is 10.2. The summed E-state index contributed by atoms with van der Waals surface area (Å²) in [5, 5.41) is -0.499. The highest BCUT2D eigenvalue weighted by atomic mass is 35.5. The Morgan fingerprint density at radius 1 is 1.38 bits per heavy atom. The first-order valence-corrected chi connectivity index (χ1v) is 8.12. The van der Waals surface area contributed by atoms with Crippen LogP contribution >= 0.6 is 22.9 Å². The lowest BCUT2D eigenvalue weighted by Crippen LogP contribution is -2.35. The number of hydrogen-bond acceptors (Lipinski definition) is 3. The van der Waals surface area contributed by atoms with Crippen LogP contribution in [0.25, 0.3) is 0 Å². The van der Waals surface area contributed by atoms with Crippen LogP contribution < -0.4 is 0 Å². The van der Waals surface area contributed by atoms with Crippen molar-refractivity contribution in [2.45, 2.75) is 37.8 Å².